The van der Waals surface area contributed by atoms with E-state index in [0.717, 1.165) is 36.5 Å². The molecule has 0 spiro atoms. The number of hydrogen-bond acceptors (Lipinski definition) is 7. The molecule has 4 aromatic rings. The number of carbonyl (C=O) groups is 1. The molecule has 0 saturated heterocycles. The third-order valence-electron chi connectivity index (χ3n) is 6.82. The Bertz CT molecular complexity index is 1340. The third-order valence-corrected chi connectivity index (χ3v) is 6.82. The lowest BCUT2D eigenvalue weighted by molar-refractivity contribution is 0.102. The molecule has 2 N–H and O–H groups in total. The van der Waals surface area contributed by atoms with Gasteiger partial charge in [0.15, 0.2) is 5.69 Å². The van der Waals surface area contributed by atoms with Gasteiger partial charge in [-0.25, -0.2) is 19.6 Å². The number of nitrogens with zero attached hydrogens (tertiary/aromatic N) is 6. The van der Waals surface area contributed by atoms with Gasteiger partial charge in [-0.05, 0) is 55.9 Å². The highest BCUT2D eigenvalue weighted by atomic mass is 16.2. The van der Waals surface area contributed by atoms with E-state index in [9.17, 15) is 4.79 Å². The Kier molecular flexibility index (Phi) is 6.11. The van der Waals surface area contributed by atoms with E-state index in [4.69, 9.17) is 10.1 Å². The van der Waals surface area contributed by atoms with Gasteiger partial charge in [-0.3, -0.25) is 9.78 Å². The summed E-state index contributed by atoms with van der Waals surface area (Å²) in [4.78, 5) is 31.0. The molecule has 36 heavy (non-hydrogen) atoms. The summed E-state index contributed by atoms with van der Waals surface area (Å²) in [5.74, 6) is 1.36. The third kappa shape index (κ3) is 4.95. The summed E-state index contributed by atoms with van der Waals surface area (Å²) >= 11 is 0. The van der Waals surface area contributed by atoms with Gasteiger partial charge in [-0.15, -0.1) is 0 Å². The van der Waals surface area contributed by atoms with Crippen molar-refractivity contribution in [1.29, 1.82) is 0 Å². The van der Waals surface area contributed by atoms with Gasteiger partial charge in [0, 0.05) is 30.4 Å². The van der Waals surface area contributed by atoms with E-state index in [1.807, 2.05) is 41.1 Å². The van der Waals surface area contributed by atoms with Crippen LogP contribution >= 0.6 is 0 Å². The SMILES string of the molecule is O=C(Nc1cc(-c2ccccn2)nn1CC1CCCC1)c1nc(C2CC2)ccc1Nc1cncnc1. The van der Waals surface area contributed by atoms with E-state index < -0.39 is 0 Å². The topological polar surface area (TPSA) is 111 Å². The fraction of sp³-hybridized carbons (Fsp3) is 0.333. The summed E-state index contributed by atoms with van der Waals surface area (Å²) in [6.45, 7) is 0.768. The molecule has 4 heterocycles. The van der Waals surface area contributed by atoms with E-state index in [0.29, 0.717) is 34.7 Å². The first-order valence-corrected chi connectivity index (χ1v) is 12.6. The Morgan fingerprint density at radius 3 is 2.58 bits per heavy atom. The second kappa shape index (κ2) is 9.85. The highest BCUT2D eigenvalue weighted by molar-refractivity contribution is 6.06. The van der Waals surface area contributed by atoms with Crippen molar-refractivity contribution in [1.82, 2.24) is 29.7 Å². The molecule has 6 rings (SSSR count). The average molecular weight is 481 g/mol. The van der Waals surface area contributed by atoms with Crippen LogP contribution < -0.4 is 10.6 Å². The maximum Gasteiger partial charge on any atom is 0.277 e. The first-order valence-electron chi connectivity index (χ1n) is 12.6. The second-order valence-corrected chi connectivity index (χ2v) is 9.58. The molecule has 0 aromatic carbocycles. The second-order valence-electron chi connectivity index (χ2n) is 9.58. The van der Waals surface area contributed by atoms with Crippen molar-refractivity contribution in [2.45, 2.75) is 51.0 Å². The van der Waals surface area contributed by atoms with Gasteiger partial charge in [0.1, 0.15) is 17.8 Å². The molecule has 0 unspecified atom stereocenters. The smallest absolute Gasteiger partial charge is 0.277 e. The Balaban J connectivity index is 1.32. The minimum atomic E-state index is -0.281. The van der Waals surface area contributed by atoms with Gasteiger partial charge in [-0.1, -0.05) is 18.9 Å². The molecule has 2 fully saturated rings. The van der Waals surface area contributed by atoms with Gasteiger partial charge in [0.25, 0.3) is 5.91 Å². The molecule has 0 atom stereocenters. The van der Waals surface area contributed by atoms with Gasteiger partial charge < -0.3 is 10.6 Å². The molecule has 182 valence electrons. The van der Waals surface area contributed by atoms with Crippen molar-refractivity contribution < 1.29 is 4.79 Å². The minimum absolute atomic E-state index is 0.281. The standard InChI is InChI=1S/C27H28N8O/c36-27(26-23(31-20-14-28-17-29-15-20)11-10-21(32-26)19-8-9-19)33-25-13-24(22-7-3-4-12-30-22)34-35(25)16-18-5-1-2-6-18/h3-4,7,10-15,17-19,31H,1-2,5-6,8-9,16H2,(H,33,36). The predicted molar refractivity (Wildman–Crippen MR) is 137 cm³/mol. The summed E-state index contributed by atoms with van der Waals surface area (Å²) in [6, 6.07) is 11.6. The molecular formula is C27H28N8O. The number of amides is 1. The monoisotopic (exact) mass is 480 g/mol. The lowest BCUT2D eigenvalue weighted by Gasteiger charge is -2.15. The minimum Gasteiger partial charge on any atom is -0.351 e. The molecule has 9 heteroatoms. The molecular weight excluding hydrogens is 452 g/mol. The Labute approximate surface area is 209 Å². The molecule has 0 bridgehead atoms. The Morgan fingerprint density at radius 1 is 1.00 bits per heavy atom. The van der Waals surface area contributed by atoms with Crippen LogP contribution in [0.15, 0.2) is 61.3 Å². The van der Waals surface area contributed by atoms with E-state index >= 15 is 0 Å². The van der Waals surface area contributed by atoms with E-state index in [-0.39, 0.29) is 5.91 Å². The van der Waals surface area contributed by atoms with Crippen molar-refractivity contribution in [3.8, 4) is 11.4 Å². The number of nitrogens with one attached hydrogen (secondary N) is 2. The van der Waals surface area contributed by atoms with E-state index in [2.05, 4.69) is 25.6 Å². The summed E-state index contributed by atoms with van der Waals surface area (Å²) in [5.41, 5.74) is 4.11. The van der Waals surface area contributed by atoms with E-state index in [1.54, 1.807) is 18.6 Å². The first-order chi connectivity index (χ1) is 17.7. The maximum absolute atomic E-state index is 13.7. The van der Waals surface area contributed by atoms with Crippen LogP contribution in [0.3, 0.4) is 0 Å². The van der Waals surface area contributed by atoms with Crippen LogP contribution in [0.2, 0.25) is 0 Å². The zero-order chi connectivity index (χ0) is 24.3. The molecule has 9 nitrogen and oxygen atoms in total. The van der Waals surface area contributed by atoms with Crippen molar-refractivity contribution in [2.24, 2.45) is 5.92 Å². The number of hydrogen-bond donors (Lipinski definition) is 2. The lowest BCUT2D eigenvalue weighted by atomic mass is 10.1. The maximum atomic E-state index is 13.7. The first kappa shape index (κ1) is 22.3. The molecule has 2 saturated carbocycles. The lowest BCUT2D eigenvalue weighted by Crippen LogP contribution is -2.20. The quantitative estimate of drug-likeness (QED) is 0.357. The Hall–Kier alpha value is -4.14. The summed E-state index contributed by atoms with van der Waals surface area (Å²) < 4.78 is 1.92. The molecule has 0 radical (unpaired) electrons. The summed E-state index contributed by atoms with van der Waals surface area (Å²) in [7, 11) is 0. The average Bonchev–Trinajstić information content (AvgIpc) is 3.50. The normalized spacial score (nSPS) is 15.7. The summed E-state index contributed by atoms with van der Waals surface area (Å²) in [6.07, 6.45) is 13.6. The zero-order valence-corrected chi connectivity index (χ0v) is 20.0. The van der Waals surface area contributed by atoms with Crippen LogP contribution in [0, 0.1) is 5.92 Å². The molecule has 1 amide bonds. The molecule has 2 aliphatic rings. The number of aromatic nitrogens is 6. The zero-order valence-electron chi connectivity index (χ0n) is 20.0. The van der Waals surface area contributed by atoms with Crippen LogP contribution in [0.5, 0.6) is 0 Å². The molecule has 4 aromatic heterocycles. The van der Waals surface area contributed by atoms with Crippen LogP contribution in [-0.4, -0.2) is 35.6 Å². The van der Waals surface area contributed by atoms with Crippen LogP contribution in [0.1, 0.15) is 60.6 Å². The van der Waals surface area contributed by atoms with Crippen LogP contribution in [0.4, 0.5) is 17.2 Å². The molecule has 2 aliphatic carbocycles. The van der Waals surface area contributed by atoms with Gasteiger partial charge in [-0.2, -0.15) is 5.10 Å². The number of rotatable bonds is 8. The van der Waals surface area contributed by atoms with Crippen molar-refractivity contribution in [2.75, 3.05) is 10.6 Å². The predicted octanol–water partition coefficient (Wildman–Crippen LogP) is 5.19. The highest BCUT2D eigenvalue weighted by Crippen LogP contribution is 2.40. The number of anilines is 3. The molecule has 0 aliphatic heterocycles. The van der Waals surface area contributed by atoms with Crippen molar-refractivity contribution >= 4 is 23.1 Å². The van der Waals surface area contributed by atoms with Gasteiger partial charge in [0.2, 0.25) is 0 Å². The number of pyridine rings is 2. The highest BCUT2D eigenvalue weighted by Gasteiger charge is 2.27. The van der Waals surface area contributed by atoms with Crippen molar-refractivity contribution in [3.05, 3.63) is 72.7 Å². The fourth-order valence-corrected chi connectivity index (χ4v) is 4.78. The van der Waals surface area contributed by atoms with Crippen molar-refractivity contribution in [3.63, 3.8) is 0 Å². The number of carbonyl (C=O) groups excluding carboxylic acids is 1. The largest absolute Gasteiger partial charge is 0.351 e. The fourth-order valence-electron chi connectivity index (χ4n) is 4.78. The van der Waals surface area contributed by atoms with E-state index in [1.165, 1.54) is 32.0 Å². The summed E-state index contributed by atoms with van der Waals surface area (Å²) in [5, 5.41) is 11.2. The van der Waals surface area contributed by atoms with Crippen LogP contribution in [-0.2, 0) is 6.54 Å². The Morgan fingerprint density at radius 2 is 1.83 bits per heavy atom. The van der Waals surface area contributed by atoms with Gasteiger partial charge >= 0.3 is 0 Å². The van der Waals surface area contributed by atoms with Gasteiger partial charge in [0.05, 0.1) is 29.5 Å². The van der Waals surface area contributed by atoms with Crippen LogP contribution in [0.25, 0.3) is 11.4 Å².